The van der Waals surface area contributed by atoms with Crippen molar-refractivity contribution in [3.05, 3.63) is 18.2 Å². The van der Waals surface area contributed by atoms with Crippen molar-refractivity contribution in [1.29, 1.82) is 0 Å². The maximum atomic E-state index is 6.13. The predicted octanol–water partition coefficient (Wildman–Crippen LogP) is 2.36. The van der Waals surface area contributed by atoms with Gasteiger partial charge in [0, 0.05) is 6.54 Å². The van der Waals surface area contributed by atoms with Crippen LogP contribution < -0.4 is 10.5 Å². The third-order valence-electron chi connectivity index (χ3n) is 4.59. The van der Waals surface area contributed by atoms with Crippen LogP contribution in [0.3, 0.4) is 0 Å². The highest BCUT2D eigenvalue weighted by molar-refractivity contribution is 5.84. The van der Waals surface area contributed by atoms with Gasteiger partial charge in [-0.3, -0.25) is 0 Å². The van der Waals surface area contributed by atoms with Crippen molar-refractivity contribution in [2.24, 2.45) is 5.92 Å². The van der Waals surface area contributed by atoms with Gasteiger partial charge in [-0.1, -0.05) is 13.0 Å². The zero-order valence-corrected chi connectivity index (χ0v) is 12.9. The number of para-hydroxylation sites is 1. The fourth-order valence-electron chi connectivity index (χ4n) is 3.24. The SMILES string of the molecule is CCN1CCC(Cn2c(N)nc3c(OC)cccc32)CC1. The number of ether oxygens (including phenoxy) is 1. The highest BCUT2D eigenvalue weighted by atomic mass is 16.5. The second kappa shape index (κ2) is 5.93. The number of nitrogens with zero attached hydrogens (tertiary/aromatic N) is 3. The first kappa shape index (κ1) is 14.2. The Balaban J connectivity index is 1.83. The van der Waals surface area contributed by atoms with E-state index in [-0.39, 0.29) is 0 Å². The van der Waals surface area contributed by atoms with Gasteiger partial charge in [0.15, 0.2) is 0 Å². The minimum atomic E-state index is 0.590. The number of anilines is 1. The lowest BCUT2D eigenvalue weighted by atomic mass is 9.96. The van der Waals surface area contributed by atoms with Crippen LogP contribution in [0.5, 0.6) is 5.75 Å². The number of benzene rings is 1. The Kier molecular flexibility index (Phi) is 4.01. The number of methoxy groups -OCH3 is 1. The van der Waals surface area contributed by atoms with Gasteiger partial charge in [0.2, 0.25) is 5.95 Å². The van der Waals surface area contributed by atoms with Gasteiger partial charge in [0.25, 0.3) is 0 Å². The lowest BCUT2D eigenvalue weighted by Crippen LogP contribution is -2.34. The molecule has 114 valence electrons. The molecular formula is C16H24N4O. The first-order valence-electron chi connectivity index (χ1n) is 7.74. The molecule has 5 nitrogen and oxygen atoms in total. The van der Waals surface area contributed by atoms with E-state index in [1.807, 2.05) is 12.1 Å². The van der Waals surface area contributed by atoms with E-state index in [4.69, 9.17) is 10.5 Å². The average Bonchev–Trinajstić information content (AvgIpc) is 2.84. The molecule has 0 aliphatic carbocycles. The van der Waals surface area contributed by atoms with Crippen molar-refractivity contribution < 1.29 is 4.74 Å². The molecule has 0 radical (unpaired) electrons. The molecule has 1 aliphatic heterocycles. The van der Waals surface area contributed by atoms with E-state index >= 15 is 0 Å². The molecule has 0 amide bonds. The Bertz CT molecular complexity index is 614. The van der Waals surface area contributed by atoms with Gasteiger partial charge < -0.3 is 19.9 Å². The predicted molar refractivity (Wildman–Crippen MR) is 85.5 cm³/mol. The molecule has 2 aromatic rings. The molecule has 0 atom stereocenters. The zero-order chi connectivity index (χ0) is 14.8. The standard InChI is InChI=1S/C16H24N4O/c1-3-19-9-7-12(8-10-19)11-20-13-5-4-6-14(21-2)15(13)18-16(20)17/h4-6,12H,3,7-11H2,1-2H3,(H2,17,18). The van der Waals surface area contributed by atoms with E-state index in [1.165, 1.54) is 25.9 Å². The smallest absolute Gasteiger partial charge is 0.201 e. The number of hydrogen-bond acceptors (Lipinski definition) is 4. The summed E-state index contributed by atoms with van der Waals surface area (Å²) in [5.41, 5.74) is 8.07. The minimum Gasteiger partial charge on any atom is -0.494 e. The summed E-state index contributed by atoms with van der Waals surface area (Å²) in [6.45, 7) is 6.72. The van der Waals surface area contributed by atoms with Gasteiger partial charge in [-0.25, -0.2) is 4.98 Å². The largest absolute Gasteiger partial charge is 0.494 e. The molecule has 1 aliphatic rings. The maximum absolute atomic E-state index is 6.13. The van der Waals surface area contributed by atoms with Crippen LogP contribution in [0.25, 0.3) is 11.0 Å². The van der Waals surface area contributed by atoms with Crippen LogP contribution in [0.1, 0.15) is 19.8 Å². The number of nitrogens with two attached hydrogens (primary N) is 1. The van der Waals surface area contributed by atoms with Gasteiger partial charge in [-0.05, 0) is 50.5 Å². The molecule has 0 unspecified atom stereocenters. The van der Waals surface area contributed by atoms with Gasteiger partial charge in [-0.2, -0.15) is 0 Å². The Morgan fingerprint density at radius 3 is 2.76 bits per heavy atom. The van der Waals surface area contributed by atoms with E-state index < -0.39 is 0 Å². The fraction of sp³-hybridized carbons (Fsp3) is 0.562. The average molecular weight is 288 g/mol. The number of nitrogen functional groups attached to an aromatic ring is 1. The number of rotatable bonds is 4. The lowest BCUT2D eigenvalue weighted by Gasteiger charge is -2.31. The van der Waals surface area contributed by atoms with Crippen molar-refractivity contribution >= 4 is 17.0 Å². The molecule has 0 saturated carbocycles. The number of fused-ring (bicyclic) bond motifs is 1. The number of hydrogen-bond donors (Lipinski definition) is 1. The van der Waals surface area contributed by atoms with Gasteiger partial charge >= 0.3 is 0 Å². The first-order valence-corrected chi connectivity index (χ1v) is 7.74. The van der Waals surface area contributed by atoms with E-state index in [9.17, 15) is 0 Å². The molecule has 0 spiro atoms. The molecule has 2 heterocycles. The van der Waals surface area contributed by atoms with E-state index in [1.54, 1.807) is 7.11 Å². The Morgan fingerprint density at radius 1 is 1.33 bits per heavy atom. The van der Waals surface area contributed by atoms with E-state index in [0.29, 0.717) is 11.9 Å². The second-order valence-electron chi connectivity index (χ2n) is 5.79. The van der Waals surface area contributed by atoms with Crippen molar-refractivity contribution in [3.63, 3.8) is 0 Å². The summed E-state index contributed by atoms with van der Waals surface area (Å²) in [5, 5.41) is 0. The summed E-state index contributed by atoms with van der Waals surface area (Å²) in [4.78, 5) is 6.99. The molecule has 1 fully saturated rings. The van der Waals surface area contributed by atoms with Gasteiger partial charge in [-0.15, -0.1) is 0 Å². The molecule has 2 N–H and O–H groups in total. The zero-order valence-electron chi connectivity index (χ0n) is 12.9. The summed E-state index contributed by atoms with van der Waals surface area (Å²) in [5.74, 6) is 2.06. The van der Waals surface area contributed by atoms with E-state index in [2.05, 4.69) is 27.4 Å². The molecule has 1 aromatic heterocycles. The van der Waals surface area contributed by atoms with Gasteiger partial charge in [0.05, 0.1) is 12.6 Å². The van der Waals surface area contributed by atoms with Crippen LogP contribution in [0.4, 0.5) is 5.95 Å². The van der Waals surface area contributed by atoms with Crippen LogP contribution in [0.2, 0.25) is 0 Å². The number of aromatic nitrogens is 2. The minimum absolute atomic E-state index is 0.590. The van der Waals surface area contributed by atoms with E-state index in [0.717, 1.165) is 29.9 Å². The molecule has 0 bridgehead atoms. The number of likely N-dealkylation sites (tertiary alicyclic amines) is 1. The number of imidazole rings is 1. The molecule has 1 saturated heterocycles. The highest BCUT2D eigenvalue weighted by Gasteiger charge is 2.21. The normalized spacial score (nSPS) is 17.4. The molecule has 5 heteroatoms. The van der Waals surface area contributed by atoms with Crippen LogP contribution in [-0.4, -0.2) is 41.2 Å². The third-order valence-corrected chi connectivity index (χ3v) is 4.59. The first-order chi connectivity index (χ1) is 10.2. The molecule has 3 rings (SSSR count). The summed E-state index contributed by atoms with van der Waals surface area (Å²) in [6, 6.07) is 6.00. The fourth-order valence-corrected chi connectivity index (χ4v) is 3.24. The van der Waals surface area contributed by atoms with Crippen molar-refractivity contribution in [2.75, 3.05) is 32.5 Å². The highest BCUT2D eigenvalue weighted by Crippen LogP contribution is 2.29. The summed E-state index contributed by atoms with van der Waals surface area (Å²) in [7, 11) is 1.67. The Morgan fingerprint density at radius 2 is 2.10 bits per heavy atom. The second-order valence-corrected chi connectivity index (χ2v) is 5.79. The quantitative estimate of drug-likeness (QED) is 0.938. The third kappa shape index (κ3) is 2.70. The topological polar surface area (TPSA) is 56.3 Å². The van der Waals surface area contributed by atoms with Crippen LogP contribution >= 0.6 is 0 Å². The molecular weight excluding hydrogens is 264 g/mol. The number of piperidine rings is 1. The summed E-state index contributed by atoms with van der Waals surface area (Å²) >= 11 is 0. The monoisotopic (exact) mass is 288 g/mol. The van der Waals surface area contributed by atoms with Gasteiger partial charge in [0.1, 0.15) is 11.3 Å². The Labute approximate surface area is 125 Å². The maximum Gasteiger partial charge on any atom is 0.201 e. The molecule has 21 heavy (non-hydrogen) atoms. The summed E-state index contributed by atoms with van der Waals surface area (Å²) in [6.07, 6.45) is 2.47. The van der Waals surface area contributed by atoms with Crippen molar-refractivity contribution in [1.82, 2.24) is 14.5 Å². The molecule has 1 aromatic carbocycles. The lowest BCUT2D eigenvalue weighted by molar-refractivity contribution is 0.182. The van der Waals surface area contributed by atoms with Crippen LogP contribution in [-0.2, 0) is 6.54 Å². The Hall–Kier alpha value is -1.75. The summed E-state index contributed by atoms with van der Waals surface area (Å²) < 4.78 is 7.52. The van der Waals surface area contributed by atoms with Crippen LogP contribution in [0.15, 0.2) is 18.2 Å². The van der Waals surface area contributed by atoms with Crippen molar-refractivity contribution in [2.45, 2.75) is 26.3 Å². The van der Waals surface area contributed by atoms with Crippen molar-refractivity contribution in [3.8, 4) is 5.75 Å². The van der Waals surface area contributed by atoms with Crippen LogP contribution in [0, 0.1) is 5.92 Å².